The van der Waals surface area contributed by atoms with E-state index in [0.717, 1.165) is 4.68 Å². The number of carbonyl (C=O) groups is 1. The number of likely N-dealkylation sites (N-methyl/N-ethyl adjacent to an activating group) is 1. The van der Waals surface area contributed by atoms with E-state index < -0.39 is 5.56 Å². The average Bonchev–Trinajstić information content (AvgIpc) is 2.95. The molecule has 0 unspecified atom stereocenters. The monoisotopic (exact) mass is 330 g/mol. The van der Waals surface area contributed by atoms with Crippen LogP contribution in [0.2, 0.25) is 0 Å². The fraction of sp³-hybridized carbons (Fsp3) is 0.250. The summed E-state index contributed by atoms with van der Waals surface area (Å²) in [5.74, 6) is -0.246. The van der Waals surface area contributed by atoms with Gasteiger partial charge in [0.25, 0.3) is 5.56 Å². The molecule has 0 aliphatic rings. The Labute approximate surface area is 136 Å². The van der Waals surface area contributed by atoms with Crippen LogP contribution in [-0.2, 0) is 11.3 Å². The number of hydrogen-bond acceptors (Lipinski definition) is 5. The highest BCUT2D eigenvalue weighted by Crippen LogP contribution is 2.17. The maximum Gasteiger partial charge on any atom is 0.297 e. The second kappa shape index (κ2) is 5.88. The molecule has 0 aliphatic carbocycles. The molecule has 1 aromatic carbocycles. The van der Waals surface area contributed by atoms with Gasteiger partial charge < -0.3 is 9.42 Å². The third-order valence-electron chi connectivity index (χ3n) is 3.81. The number of hydrogen-bond donors (Lipinski definition) is 0. The SMILES string of the molecule is Cc1nn(CC(=O)N(C)c2ccc(F)cc2)c(=O)c2noc(C)c12. The number of fused-ring (bicyclic) bond motifs is 1. The number of benzene rings is 1. The first kappa shape index (κ1) is 15.9. The van der Waals surface area contributed by atoms with Gasteiger partial charge in [-0.3, -0.25) is 9.59 Å². The molecule has 7 nitrogen and oxygen atoms in total. The lowest BCUT2D eigenvalue weighted by Crippen LogP contribution is -2.35. The molecule has 0 saturated heterocycles. The number of amides is 1. The number of anilines is 1. The van der Waals surface area contributed by atoms with E-state index in [-0.39, 0.29) is 23.8 Å². The molecule has 3 aromatic rings. The molecule has 0 atom stereocenters. The van der Waals surface area contributed by atoms with E-state index >= 15 is 0 Å². The molecule has 0 radical (unpaired) electrons. The fourth-order valence-electron chi connectivity index (χ4n) is 2.49. The Balaban J connectivity index is 1.92. The molecule has 8 heteroatoms. The number of aromatic nitrogens is 3. The van der Waals surface area contributed by atoms with Crippen molar-refractivity contribution in [3.63, 3.8) is 0 Å². The molecule has 0 N–H and O–H groups in total. The summed E-state index contributed by atoms with van der Waals surface area (Å²) in [5.41, 5.74) is 0.732. The summed E-state index contributed by atoms with van der Waals surface area (Å²) in [4.78, 5) is 26.1. The van der Waals surface area contributed by atoms with Crippen LogP contribution >= 0.6 is 0 Å². The van der Waals surface area contributed by atoms with Crippen LogP contribution in [0.25, 0.3) is 10.9 Å². The second-order valence-electron chi connectivity index (χ2n) is 5.44. The standard InChI is InChI=1S/C16H15FN4O3/c1-9-14-10(2)24-19-15(14)16(23)21(18-9)8-13(22)20(3)12-6-4-11(17)5-7-12/h4-7H,8H2,1-3H3. The van der Waals surface area contributed by atoms with Gasteiger partial charge >= 0.3 is 0 Å². The minimum atomic E-state index is -0.492. The fourth-order valence-corrected chi connectivity index (χ4v) is 2.49. The van der Waals surface area contributed by atoms with Crippen LogP contribution in [0.5, 0.6) is 0 Å². The predicted molar refractivity (Wildman–Crippen MR) is 85.3 cm³/mol. The zero-order valence-corrected chi connectivity index (χ0v) is 13.4. The molecule has 0 saturated carbocycles. The van der Waals surface area contributed by atoms with Gasteiger partial charge in [-0.05, 0) is 38.1 Å². The lowest BCUT2D eigenvalue weighted by atomic mass is 10.2. The normalized spacial score (nSPS) is 11.0. The van der Waals surface area contributed by atoms with E-state index in [1.54, 1.807) is 20.9 Å². The topological polar surface area (TPSA) is 81.2 Å². The third-order valence-corrected chi connectivity index (χ3v) is 3.81. The third kappa shape index (κ3) is 2.66. The number of aryl methyl sites for hydroxylation is 2. The summed E-state index contributed by atoms with van der Waals surface area (Å²) >= 11 is 0. The van der Waals surface area contributed by atoms with Crippen LogP contribution < -0.4 is 10.5 Å². The minimum Gasteiger partial charge on any atom is -0.360 e. The van der Waals surface area contributed by atoms with Crippen molar-refractivity contribution in [2.24, 2.45) is 0 Å². The summed E-state index contributed by atoms with van der Waals surface area (Å²) < 4.78 is 19.1. The highest BCUT2D eigenvalue weighted by molar-refractivity contribution is 5.92. The Morgan fingerprint density at radius 2 is 1.96 bits per heavy atom. The molecule has 124 valence electrons. The Morgan fingerprint density at radius 1 is 1.29 bits per heavy atom. The van der Waals surface area contributed by atoms with Gasteiger partial charge in [0, 0.05) is 12.7 Å². The molecule has 1 amide bonds. The number of nitrogens with zero attached hydrogens (tertiary/aromatic N) is 4. The van der Waals surface area contributed by atoms with E-state index in [4.69, 9.17) is 4.52 Å². The molecular formula is C16H15FN4O3. The first-order chi connectivity index (χ1) is 11.4. The van der Waals surface area contributed by atoms with Gasteiger partial charge in [-0.25, -0.2) is 9.07 Å². The maximum atomic E-state index is 13.0. The molecule has 0 fully saturated rings. The van der Waals surface area contributed by atoms with Crippen molar-refractivity contribution in [1.29, 1.82) is 0 Å². The molecule has 2 heterocycles. The van der Waals surface area contributed by atoms with Gasteiger partial charge in [0.2, 0.25) is 5.91 Å². The van der Waals surface area contributed by atoms with Crippen molar-refractivity contribution in [3.8, 4) is 0 Å². The van der Waals surface area contributed by atoms with E-state index in [9.17, 15) is 14.0 Å². The molecule has 0 bridgehead atoms. The predicted octanol–water partition coefficient (Wildman–Crippen LogP) is 1.80. The van der Waals surface area contributed by atoms with Crippen molar-refractivity contribution in [2.75, 3.05) is 11.9 Å². The van der Waals surface area contributed by atoms with Gasteiger partial charge in [0.15, 0.2) is 5.52 Å². The van der Waals surface area contributed by atoms with Crippen molar-refractivity contribution in [3.05, 3.63) is 51.9 Å². The van der Waals surface area contributed by atoms with Crippen LogP contribution in [0.3, 0.4) is 0 Å². The van der Waals surface area contributed by atoms with Crippen molar-refractivity contribution in [1.82, 2.24) is 14.9 Å². The largest absolute Gasteiger partial charge is 0.360 e. The Morgan fingerprint density at radius 3 is 2.62 bits per heavy atom. The average molecular weight is 330 g/mol. The van der Waals surface area contributed by atoms with Gasteiger partial charge in [-0.1, -0.05) is 5.16 Å². The van der Waals surface area contributed by atoms with Crippen molar-refractivity contribution < 1.29 is 13.7 Å². The summed E-state index contributed by atoms with van der Waals surface area (Å²) in [5, 5.41) is 8.47. The second-order valence-corrected chi connectivity index (χ2v) is 5.44. The van der Waals surface area contributed by atoms with Gasteiger partial charge in [-0.15, -0.1) is 0 Å². The lowest BCUT2D eigenvalue weighted by Gasteiger charge is -2.17. The molecule has 0 aliphatic heterocycles. The van der Waals surface area contributed by atoms with Crippen LogP contribution in [0, 0.1) is 19.7 Å². The van der Waals surface area contributed by atoms with E-state index in [1.165, 1.54) is 29.2 Å². The number of halogens is 1. The summed E-state index contributed by atoms with van der Waals surface area (Å²) in [7, 11) is 1.55. The van der Waals surface area contributed by atoms with E-state index in [2.05, 4.69) is 10.3 Å². The van der Waals surface area contributed by atoms with Crippen LogP contribution in [-0.4, -0.2) is 27.9 Å². The highest BCUT2D eigenvalue weighted by Gasteiger charge is 2.18. The Bertz CT molecular complexity index is 975. The van der Waals surface area contributed by atoms with Crippen LogP contribution in [0.4, 0.5) is 10.1 Å². The van der Waals surface area contributed by atoms with Crippen molar-refractivity contribution >= 4 is 22.5 Å². The quantitative estimate of drug-likeness (QED) is 0.731. The Hall–Kier alpha value is -3.03. The highest BCUT2D eigenvalue weighted by atomic mass is 19.1. The van der Waals surface area contributed by atoms with E-state index in [1.807, 2.05) is 0 Å². The first-order valence-electron chi connectivity index (χ1n) is 7.24. The zero-order valence-electron chi connectivity index (χ0n) is 13.4. The van der Waals surface area contributed by atoms with E-state index in [0.29, 0.717) is 22.5 Å². The van der Waals surface area contributed by atoms with Gasteiger partial charge in [0.1, 0.15) is 18.1 Å². The van der Waals surface area contributed by atoms with Crippen molar-refractivity contribution in [2.45, 2.75) is 20.4 Å². The summed E-state index contributed by atoms with van der Waals surface area (Å²) in [6.45, 7) is 3.16. The van der Waals surface area contributed by atoms with Gasteiger partial charge in [-0.2, -0.15) is 5.10 Å². The summed E-state index contributed by atoms with van der Waals surface area (Å²) in [6, 6.07) is 5.49. The van der Waals surface area contributed by atoms with Crippen LogP contribution in [0.15, 0.2) is 33.6 Å². The van der Waals surface area contributed by atoms with Gasteiger partial charge in [0.05, 0.1) is 11.1 Å². The summed E-state index contributed by atoms with van der Waals surface area (Å²) in [6.07, 6.45) is 0. The van der Waals surface area contributed by atoms with Crippen LogP contribution in [0.1, 0.15) is 11.5 Å². The molecule has 2 aromatic heterocycles. The molecule has 3 rings (SSSR count). The Kier molecular flexibility index (Phi) is 3.88. The molecule has 24 heavy (non-hydrogen) atoms. The molecule has 0 spiro atoms. The molecular weight excluding hydrogens is 315 g/mol. The lowest BCUT2D eigenvalue weighted by molar-refractivity contribution is -0.119. The first-order valence-corrected chi connectivity index (χ1v) is 7.24. The number of rotatable bonds is 3. The number of carbonyl (C=O) groups excluding carboxylic acids is 1. The maximum absolute atomic E-state index is 13.0. The minimum absolute atomic E-state index is 0.150. The smallest absolute Gasteiger partial charge is 0.297 e. The zero-order chi connectivity index (χ0) is 17.4.